The number of aryl methyl sites for hydroxylation is 1. The molecular weight excluding hydrogens is 239 g/mol. The number of carboxylic acids is 1. The standard InChI is InChI=1S/C12H9FN2O3/c1-7-5-10(12(17)18)11(16)15(14-7)9-4-2-3-8(13)6-9/h2-6H,1H3,(H,17,18). The van der Waals surface area contributed by atoms with E-state index in [-0.39, 0.29) is 5.69 Å². The van der Waals surface area contributed by atoms with Crippen LogP contribution < -0.4 is 5.56 Å². The first kappa shape index (κ1) is 12.0. The van der Waals surface area contributed by atoms with Crippen LogP contribution in [-0.2, 0) is 0 Å². The van der Waals surface area contributed by atoms with Crippen molar-refractivity contribution in [3.05, 3.63) is 57.8 Å². The van der Waals surface area contributed by atoms with E-state index in [1.54, 1.807) is 6.92 Å². The second-order valence-electron chi connectivity index (χ2n) is 3.70. The maximum Gasteiger partial charge on any atom is 0.341 e. The Bertz CT molecular complexity index is 679. The summed E-state index contributed by atoms with van der Waals surface area (Å²) in [6.45, 7) is 1.56. The fraction of sp³-hybridized carbons (Fsp3) is 0.0833. The topological polar surface area (TPSA) is 72.2 Å². The SMILES string of the molecule is Cc1cc(C(=O)O)c(=O)n(-c2cccc(F)c2)n1. The van der Waals surface area contributed by atoms with Crippen LogP contribution in [0.1, 0.15) is 16.1 Å². The lowest BCUT2D eigenvalue weighted by Crippen LogP contribution is -2.28. The molecule has 0 fully saturated rings. The van der Waals surface area contributed by atoms with Crippen LogP contribution in [-0.4, -0.2) is 20.9 Å². The molecule has 0 spiro atoms. The molecule has 0 aliphatic rings. The molecule has 2 rings (SSSR count). The van der Waals surface area contributed by atoms with Gasteiger partial charge >= 0.3 is 5.97 Å². The van der Waals surface area contributed by atoms with E-state index in [2.05, 4.69) is 5.10 Å². The number of carboxylic acid groups (broad SMARTS) is 1. The number of benzene rings is 1. The van der Waals surface area contributed by atoms with E-state index in [0.717, 1.165) is 10.7 Å². The van der Waals surface area contributed by atoms with Gasteiger partial charge < -0.3 is 5.11 Å². The molecule has 18 heavy (non-hydrogen) atoms. The number of hydrogen-bond donors (Lipinski definition) is 1. The monoisotopic (exact) mass is 248 g/mol. The maximum absolute atomic E-state index is 13.1. The van der Waals surface area contributed by atoms with E-state index in [0.29, 0.717) is 5.69 Å². The molecule has 92 valence electrons. The number of carbonyl (C=O) groups is 1. The predicted molar refractivity (Wildman–Crippen MR) is 61.5 cm³/mol. The summed E-state index contributed by atoms with van der Waals surface area (Å²) < 4.78 is 14.0. The number of aromatic nitrogens is 2. The number of aromatic carboxylic acids is 1. The van der Waals surface area contributed by atoms with Crippen molar-refractivity contribution in [3.8, 4) is 5.69 Å². The van der Waals surface area contributed by atoms with E-state index in [1.165, 1.54) is 24.3 Å². The minimum absolute atomic E-state index is 0.186. The van der Waals surface area contributed by atoms with Gasteiger partial charge in [0.05, 0.1) is 11.4 Å². The van der Waals surface area contributed by atoms with E-state index in [4.69, 9.17) is 5.11 Å². The highest BCUT2D eigenvalue weighted by Gasteiger charge is 2.14. The molecule has 5 nitrogen and oxygen atoms in total. The molecule has 0 saturated heterocycles. The summed E-state index contributed by atoms with van der Waals surface area (Å²) in [4.78, 5) is 22.8. The van der Waals surface area contributed by atoms with E-state index >= 15 is 0 Å². The lowest BCUT2D eigenvalue weighted by Gasteiger charge is -2.06. The Balaban J connectivity index is 2.72. The van der Waals surface area contributed by atoms with Gasteiger partial charge in [-0.15, -0.1) is 0 Å². The third-order valence-corrected chi connectivity index (χ3v) is 2.32. The van der Waals surface area contributed by atoms with Crippen LogP contribution in [0, 0.1) is 12.7 Å². The van der Waals surface area contributed by atoms with Crippen LogP contribution in [0.4, 0.5) is 4.39 Å². The lowest BCUT2D eigenvalue weighted by atomic mass is 10.2. The Labute approximate surface area is 101 Å². The van der Waals surface area contributed by atoms with Crippen LogP contribution in [0.3, 0.4) is 0 Å². The minimum Gasteiger partial charge on any atom is -0.477 e. The van der Waals surface area contributed by atoms with Gasteiger partial charge in [0.25, 0.3) is 5.56 Å². The summed E-state index contributed by atoms with van der Waals surface area (Å²) in [5.41, 5.74) is -0.645. The van der Waals surface area contributed by atoms with Gasteiger partial charge in [0.1, 0.15) is 11.4 Å². The van der Waals surface area contributed by atoms with Gasteiger partial charge in [-0.2, -0.15) is 9.78 Å². The molecule has 0 bridgehead atoms. The Kier molecular flexibility index (Phi) is 2.93. The summed E-state index contributed by atoms with van der Waals surface area (Å²) in [7, 11) is 0. The van der Waals surface area contributed by atoms with Gasteiger partial charge in [0, 0.05) is 0 Å². The van der Waals surface area contributed by atoms with Crippen LogP contribution >= 0.6 is 0 Å². The molecule has 0 unspecified atom stereocenters. The van der Waals surface area contributed by atoms with Gasteiger partial charge in [-0.25, -0.2) is 9.18 Å². The molecule has 2 aromatic rings. The predicted octanol–water partition coefficient (Wildman–Crippen LogP) is 1.38. The van der Waals surface area contributed by atoms with Crippen molar-refractivity contribution in [2.45, 2.75) is 6.92 Å². The van der Waals surface area contributed by atoms with Crippen molar-refractivity contribution >= 4 is 5.97 Å². The number of nitrogens with zero attached hydrogens (tertiary/aromatic N) is 2. The highest BCUT2D eigenvalue weighted by Crippen LogP contribution is 2.07. The number of hydrogen-bond acceptors (Lipinski definition) is 3. The molecule has 6 heteroatoms. The average molecular weight is 248 g/mol. The van der Waals surface area contributed by atoms with E-state index in [1.807, 2.05) is 0 Å². The van der Waals surface area contributed by atoms with Gasteiger partial charge in [0.15, 0.2) is 0 Å². The smallest absolute Gasteiger partial charge is 0.341 e. The number of rotatable bonds is 2. The molecule has 0 saturated carbocycles. The normalized spacial score (nSPS) is 10.3. The van der Waals surface area contributed by atoms with Crippen LogP contribution in [0.5, 0.6) is 0 Å². The molecule has 1 aromatic carbocycles. The zero-order valence-electron chi connectivity index (χ0n) is 9.42. The quantitative estimate of drug-likeness (QED) is 0.871. The molecule has 0 aliphatic heterocycles. The largest absolute Gasteiger partial charge is 0.477 e. The summed E-state index contributed by atoms with van der Waals surface area (Å²) in [5.74, 6) is -1.87. The van der Waals surface area contributed by atoms with Crippen LogP contribution in [0.2, 0.25) is 0 Å². The van der Waals surface area contributed by atoms with Gasteiger partial charge in [-0.1, -0.05) is 6.07 Å². The van der Waals surface area contributed by atoms with E-state index < -0.39 is 22.9 Å². The first-order valence-corrected chi connectivity index (χ1v) is 5.09. The van der Waals surface area contributed by atoms with Crippen molar-refractivity contribution in [2.24, 2.45) is 0 Å². The number of halogens is 1. The molecular formula is C12H9FN2O3. The molecule has 1 N–H and O–H groups in total. The average Bonchev–Trinajstić information content (AvgIpc) is 2.31. The van der Waals surface area contributed by atoms with Gasteiger partial charge in [0.2, 0.25) is 0 Å². The Morgan fingerprint density at radius 3 is 2.72 bits per heavy atom. The second kappa shape index (κ2) is 4.40. The Hall–Kier alpha value is -2.50. The summed E-state index contributed by atoms with van der Waals surface area (Å²) in [5, 5.41) is 12.8. The van der Waals surface area contributed by atoms with Crippen LogP contribution in [0.25, 0.3) is 5.69 Å². The highest BCUT2D eigenvalue weighted by molar-refractivity contribution is 5.87. The second-order valence-corrected chi connectivity index (χ2v) is 3.70. The first-order valence-electron chi connectivity index (χ1n) is 5.09. The van der Waals surface area contributed by atoms with Crippen molar-refractivity contribution < 1.29 is 14.3 Å². The third-order valence-electron chi connectivity index (χ3n) is 2.32. The van der Waals surface area contributed by atoms with Crippen molar-refractivity contribution in [2.75, 3.05) is 0 Å². The summed E-state index contributed by atoms with van der Waals surface area (Å²) in [6.07, 6.45) is 0. The fourth-order valence-electron chi connectivity index (χ4n) is 1.55. The molecule has 0 aliphatic carbocycles. The zero-order chi connectivity index (χ0) is 13.3. The molecule has 0 radical (unpaired) electrons. The lowest BCUT2D eigenvalue weighted by molar-refractivity contribution is 0.0694. The van der Waals surface area contributed by atoms with Gasteiger partial charge in [-0.05, 0) is 31.2 Å². The zero-order valence-corrected chi connectivity index (χ0v) is 9.42. The maximum atomic E-state index is 13.1. The molecule has 1 heterocycles. The van der Waals surface area contributed by atoms with Crippen molar-refractivity contribution in [1.29, 1.82) is 0 Å². The molecule has 0 amide bonds. The van der Waals surface area contributed by atoms with Gasteiger partial charge in [-0.3, -0.25) is 4.79 Å². The summed E-state index contributed by atoms with van der Waals surface area (Å²) in [6, 6.07) is 6.41. The summed E-state index contributed by atoms with van der Waals surface area (Å²) >= 11 is 0. The fourth-order valence-corrected chi connectivity index (χ4v) is 1.55. The highest BCUT2D eigenvalue weighted by atomic mass is 19.1. The Morgan fingerprint density at radius 2 is 2.11 bits per heavy atom. The molecule has 0 atom stereocenters. The third kappa shape index (κ3) is 2.13. The van der Waals surface area contributed by atoms with E-state index in [9.17, 15) is 14.0 Å². The molecule has 1 aromatic heterocycles. The first-order chi connectivity index (χ1) is 8.49. The minimum atomic E-state index is -1.34. The van der Waals surface area contributed by atoms with Crippen molar-refractivity contribution in [3.63, 3.8) is 0 Å². The van der Waals surface area contributed by atoms with Crippen molar-refractivity contribution in [1.82, 2.24) is 9.78 Å². The van der Waals surface area contributed by atoms with Crippen LogP contribution in [0.15, 0.2) is 35.1 Å². The Morgan fingerprint density at radius 1 is 1.39 bits per heavy atom.